The van der Waals surface area contributed by atoms with E-state index in [2.05, 4.69) is 23.2 Å². The van der Waals surface area contributed by atoms with Crippen molar-refractivity contribution in [2.45, 2.75) is 19.8 Å². The Morgan fingerprint density at radius 2 is 2.37 bits per heavy atom. The largest absolute Gasteiger partial charge is 0.396 e. The molecule has 1 amide bonds. The van der Waals surface area contributed by atoms with Gasteiger partial charge in [0.05, 0.1) is 6.54 Å². The molecule has 4 nitrogen and oxygen atoms in total. The van der Waals surface area contributed by atoms with E-state index in [-0.39, 0.29) is 12.5 Å². The van der Waals surface area contributed by atoms with Crippen LogP contribution in [0.3, 0.4) is 0 Å². The lowest BCUT2D eigenvalue weighted by molar-refractivity contribution is -0.117. The van der Waals surface area contributed by atoms with Gasteiger partial charge in [-0.15, -0.1) is 0 Å². The quantitative estimate of drug-likeness (QED) is 0.845. The number of benzene rings is 1. The molecule has 0 radical (unpaired) electrons. The van der Waals surface area contributed by atoms with Crippen molar-refractivity contribution in [3.8, 4) is 0 Å². The number of carbonyl (C=O) groups is 1. The molecule has 1 heterocycles. The fourth-order valence-electron chi connectivity index (χ4n) is 2.48. The van der Waals surface area contributed by atoms with Crippen LogP contribution in [0.4, 0.5) is 5.69 Å². The maximum Gasteiger partial charge on any atom is 0.238 e. The maximum atomic E-state index is 11.9. The zero-order valence-electron chi connectivity index (χ0n) is 11.4. The second-order valence-corrected chi connectivity index (χ2v) is 5.17. The molecule has 0 spiro atoms. The molecular weight excluding hydrogens is 240 g/mol. The van der Waals surface area contributed by atoms with E-state index < -0.39 is 0 Å². The number of anilines is 1. The second kappa shape index (κ2) is 6.68. The first-order chi connectivity index (χ1) is 9.21. The van der Waals surface area contributed by atoms with Gasteiger partial charge in [0, 0.05) is 18.8 Å². The van der Waals surface area contributed by atoms with E-state index in [1.54, 1.807) is 0 Å². The summed E-state index contributed by atoms with van der Waals surface area (Å²) in [5.74, 6) is 0.350. The van der Waals surface area contributed by atoms with Crippen molar-refractivity contribution in [3.63, 3.8) is 0 Å². The molecule has 2 rings (SSSR count). The van der Waals surface area contributed by atoms with Crippen molar-refractivity contribution in [2.75, 3.05) is 31.6 Å². The van der Waals surface area contributed by atoms with E-state index >= 15 is 0 Å². The van der Waals surface area contributed by atoms with Gasteiger partial charge >= 0.3 is 0 Å². The fourth-order valence-corrected chi connectivity index (χ4v) is 2.48. The Morgan fingerprint density at radius 3 is 3.05 bits per heavy atom. The number of amides is 1. The molecule has 1 aromatic carbocycles. The normalized spacial score (nSPS) is 19.6. The van der Waals surface area contributed by atoms with Gasteiger partial charge in [0.25, 0.3) is 0 Å². The van der Waals surface area contributed by atoms with Crippen LogP contribution in [0.1, 0.15) is 18.9 Å². The molecule has 4 heteroatoms. The van der Waals surface area contributed by atoms with Crippen molar-refractivity contribution in [2.24, 2.45) is 5.92 Å². The van der Waals surface area contributed by atoms with E-state index in [9.17, 15) is 4.79 Å². The van der Waals surface area contributed by atoms with Gasteiger partial charge in [-0.1, -0.05) is 19.1 Å². The van der Waals surface area contributed by atoms with E-state index in [0.29, 0.717) is 12.5 Å². The molecule has 0 saturated carbocycles. The molecule has 1 aliphatic rings. The van der Waals surface area contributed by atoms with Crippen LogP contribution in [-0.2, 0) is 11.2 Å². The third-order valence-electron chi connectivity index (χ3n) is 3.61. The molecule has 0 aliphatic carbocycles. The first kappa shape index (κ1) is 14.0. The van der Waals surface area contributed by atoms with Gasteiger partial charge < -0.3 is 10.4 Å². The number of hydrogen-bond acceptors (Lipinski definition) is 3. The lowest BCUT2D eigenvalue weighted by Crippen LogP contribution is -2.31. The van der Waals surface area contributed by atoms with Crippen LogP contribution >= 0.6 is 0 Å². The molecule has 1 saturated heterocycles. The van der Waals surface area contributed by atoms with Gasteiger partial charge in [0.1, 0.15) is 0 Å². The highest BCUT2D eigenvalue weighted by Gasteiger charge is 2.23. The molecule has 0 bridgehead atoms. The van der Waals surface area contributed by atoms with Crippen LogP contribution in [-0.4, -0.2) is 42.2 Å². The van der Waals surface area contributed by atoms with E-state index in [1.165, 1.54) is 5.56 Å². The number of rotatable bonds is 5. The monoisotopic (exact) mass is 262 g/mol. The highest BCUT2D eigenvalue weighted by molar-refractivity contribution is 5.92. The third kappa shape index (κ3) is 4.04. The van der Waals surface area contributed by atoms with Gasteiger partial charge in [-0.3, -0.25) is 9.69 Å². The van der Waals surface area contributed by atoms with Crippen molar-refractivity contribution in [3.05, 3.63) is 29.8 Å². The Labute approximate surface area is 114 Å². The minimum atomic E-state index is 0.0202. The summed E-state index contributed by atoms with van der Waals surface area (Å²) in [7, 11) is 0. The summed E-state index contributed by atoms with van der Waals surface area (Å²) in [6.45, 7) is 4.44. The number of carbonyl (C=O) groups excluding carboxylic acids is 1. The molecule has 2 N–H and O–H groups in total. The lowest BCUT2D eigenvalue weighted by atomic mass is 10.1. The molecule has 1 atom stereocenters. The number of aliphatic hydroxyl groups excluding tert-OH is 1. The lowest BCUT2D eigenvalue weighted by Gasteiger charge is -2.15. The van der Waals surface area contributed by atoms with Crippen molar-refractivity contribution in [1.29, 1.82) is 0 Å². The highest BCUT2D eigenvalue weighted by atomic mass is 16.3. The Hall–Kier alpha value is -1.39. The molecule has 0 unspecified atom stereocenters. The van der Waals surface area contributed by atoms with E-state index in [0.717, 1.165) is 31.6 Å². The number of aliphatic hydroxyl groups is 1. The molecule has 1 aliphatic heterocycles. The van der Waals surface area contributed by atoms with E-state index in [1.807, 2.05) is 18.2 Å². The molecule has 19 heavy (non-hydrogen) atoms. The average molecular weight is 262 g/mol. The predicted octanol–water partition coefficient (Wildman–Crippen LogP) is 1.50. The maximum absolute atomic E-state index is 11.9. The summed E-state index contributed by atoms with van der Waals surface area (Å²) in [4.78, 5) is 14.0. The Kier molecular flexibility index (Phi) is 4.93. The molecule has 0 aromatic heterocycles. The van der Waals surface area contributed by atoms with Gasteiger partial charge in [-0.2, -0.15) is 0 Å². The van der Waals surface area contributed by atoms with Crippen LogP contribution in [0.5, 0.6) is 0 Å². The van der Waals surface area contributed by atoms with Crippen molar-refractivity contribution in [1.82, 2.24) is 4.90 Å². The van der Waals surface area contributed by atoms with Gasteiger partial charge in [-0.05, 0) is 43.0 Å². The Bertz CT molecular complexity index is 434. The Balaban J connectivity index is 1.84. The fraction of sp³-hybridized carbons (Fsp3) is 0.533. The van der Waals surface area contributed by atoms with Gasteiger partial charge in [-0.25, -0.2) is 0 Å². The molecule has 104 valence electrons. The molecule has 1 aromatic rings. The number of likely N-dealkylation sites (tertiary alicyclic amines) is 1. The topological polar surface area (TPSA) is 52.6 Å². The van der Waals surface area contributed by atoms with Crippen molar-refractivity contribution < 1.29 is 9.90 Å². The van der Waals surface area contributed by atoms with E-state index in [4.69, 9.17) is 5.11 Å². The molecular formula is C15H22N2O2. The van der Waals surface area contributed by atoms with Crippen molar-refractivity contribution >= 4 is 11.6 Å². The number of nitrogens with zero attached hydrogens (tertiary/aromatic N) is 1. The average Bonchev–Trinajstić information content (AvgIpc) is 2.86. The zero-order chi connectivity index (χ0) is 13.7. The first-order valence-corrected chi connectivity index (χ1v) is 6.93. The summed E-state index contributed by atoms with van der Waals surface area (Å²) in [5, 5.41) is 12.0. The molecule has 1 fully saturated rings. The highest BCUT2D eigenvalue weighted by Crippen LogP contribution is 2.15. The predicted molar refractivity (Wildman–Crippen MR) is 76.1 cm³/mol. The van der Waals surface area contributed by atoms with Gasteiger partial charge in [0.15, 0.2) is 0 Å². The summed E-state index contributed by atoms with van der Waals surface area (Å²) in [5.41, 5.74) is 2.08. The zero-order valence-corrected chi connectivity index (χ0v) is 11.4. The standard InChI is InChI=1S/C15H22N2O2/c1-2-12-4-3-5-14(8-12)16-15(19)10-17-7-6-13(9-17)11-18/h3-5,8,13,18H,2,6-7,9-11H2,1H3,(H,16,19)/t13-/m0/s1. The van der Waals surface area contributed by atoms with Gasteiger partial charge in [0.2, 0.25) is 5.91 Å². The first-order valence-electron chi connectivity index (χ1n) is 6.93. The number of aryl methyl sites for hydroxylation is 1. The summed E-state index contributed by atoms with van der Waals surface area (Å²) in [6.07, 6.45) is 1.95. The van der Waals surface area contributed by atoms with Crippen LogP contribution in [0.25, 0.3) is 0 Å². The Morgan fingerprint density at radius 1 is 1.53 bits per heavy atom. The van der Waals surface area contributed by atoms with Crippen LogP contribution < -0.4 is 5.32 Å². The number of hydrogen-bond donors (Lipinski definition) is 2. The summed E-state index contributed by atoms with van der Waals surface area (Å²) < 4.78 is 0. The SMILES string of the molecule is CCc1cccc(NC(=O)CN2CC[C@H](CO)C2)c1. The van der Waals surface area contributed by atoms with Crippen LogP contribution in [0, 0.1) is 5.92 Å². The minimum absolute atomic E-state index is 0.0202. The van der Waals surface area contributed by atoms with Crippen LogP contribution in [0.2, 0.25) is 0 Å². The minimum Gasteiger partial charge on any atom is -0.396 e. The van der Waals surface area contributed by atoms with Crippen LogP contribution in [0.15, 0.2) is 24.3 Å². The summed E-state index contributed by atoms with van der Waals surface area (Å²) >= 11 is 0. The second-order valence-electron chi connectivity index (χ2n) is 5.17. The summed E-state index contributed by atoms with van der Waals surface area (Å²) in [6, 6.07) is 7.95. The number of nitrogens with one attached hydrogen (secondary N) is 1. The smallest absolute Gasteiger partial charge is 0.238 e. The third-order valence-corrected chi connectivity index (χ3v) is 3.61.